The first-order valence-corrected chi connectivity index (χ1v) is 17.1. The molecule has 3 atom stereocenters. The summed E-state index contributed by atoms with van der Waals surface area (Å²) in [5, 5.41) is 8.53. The average Bonchev–Trinajstić information content (AvgIpc) is 3.47. The molecule has 0 spiro atoms. The van der Waals surface area contributed by atoms with Gasteiger partial charge in [0.15, 0.2) is 11.5 Å². The van der Waals surface area contributed by atoms with Crippen LogP contribution in [0.15, 0.2) is 70.6 Å². The largest absolute Gasteiger partial charge is 0.455 e. The second-order valence-corrected chi connectivity index (χ2v) is 13.3. The number of allylic oxidation sites excluding steroid dienone is 4. The molecule has 2 aliphatic carbocycles. The summed E-state index contributed by atoms with van der Waals surface area (Å²) in [6.45, 7) is 6.39. The van der Waals surface area contributed by atoms with Crippen LogP contribution in [-0.4, -0.2) is 93.2 Å². The number of fused-ring (bicyclic) bond motifs is 3. The quantitative estimate of drug-likeness (QED) is 0.306. The van der Waals surface area contributed by atoms with Gasteiger partial charge < -0.3 is 25.0 Å². The number of rotatable bonds is 9. The molecule has 2 aromatic carbocycles. The summed E-state index contributed by atoms with van der Waals surface area (Å²) in [5.41, 5.74) is 2.64. The van der Waals surface area contributed by atoms with Crippen molar-refractivity contribution < 1.29 is 23.5 Å². The number of ether oxygens (including phenoxy) is 2. The summed E-state index contributed by atoms with van der Waals surface area (Å²) in [5.74, 6) is 0.240. The number of benzene rings is 2. The van der Waals surface area contributed by atoms with Gasteiger partial charge >= 0.3 is 0 Å². The number of ketones is 1. The van der Waals surface area contributed by atoms with E-state index in [-0.39, 0.29) is 29.6 Å². The Bertz CT molecular complexity index is 1590. The third-order valence-electron chi connectivity index (χ3n) is 10.4. The number of Topliss-reactive ketones (excluding diaryl/α,β-unsaturated/α-hetero) is 1. The fourth-order valence-electron chi connectivity index (χ4n) is 7.85. The van der Waals surface area contributed by atoms with Crippen molar-refractivity contribution in [1.29, 1.82) is 0 Å². The van der Waals surface area contributed by atoms with Gasteiger partial charge in [0.05, 0.1) is 24.5 Å². The molecule has 46 heavy (non-hydrogen) atoms. The molecule has 2 aromatic rings. The fourth-order valence-corrected chi connectivity index (χ4v) is 7.85. The smallest absolute Gasteiger partial charge is 0.254 e. The van der Waals surface area contributed by atoms with Gasteiger partial charge in [-0.1, -0.05) is 30.3 Å². The molecule has 7 rings (SSSR count). The summed E-state index contributed by atoms with van der Waals surface area (Å²) in [6, 6.07) is 12.8. The van der Waals surface area contributed by atoms with Gasteiger partial charge in [0.2, 0.25) is 0 Å². The Hall–Kier alpha value is -3.53. The monoisotopic (exact) mass is 628 g/mol. The number of hydrogen-bond donors (Lipinski definition) is 2. The van der Waals surface area contributed by atoms with Crippen molar-refractivity contribution in [3.8, 4) is 5.75 Å². The molecule has 1 amide bonds. The molecular weight excluding hydrogens is 583 g/mol. The predicted octanol–water partition coefficient (Wildman–Crippen LogP) is 4.77. The molecule has 2 N–H and O–H groups in total. The summed E-state index contributed by atoms with van der Waals surface area (Å²) < 4.78 is 28.3. The van der Waals surface area contributed by atoms with Gasteiger partial charge in [0.25, 0.3) is 5.91 Å². The Labute approximate surface area is 270 Å². The Balaban J connectivity index is 1.18. The lowest BCUT2D eigenvalue weighted by molar-refractivity contribution is -0.121. The SMILES string of the molecule is CN1CCCC1CCNC(=O)/C1=C/CCC2C3=C(CC(F)C(NCCCN4CCOCC4)=C3Oc3cc4ccccc4cc32)C1=O. The van der Waals surface area contributed by atoms with Crippen LogP contribution < -0.4 is 15.4 Å². The van der Waals surface area contributed by atoms with Crippen LogP contribution in [0.2, 0.25) is 0 Å². The van der Waals surface area contributed by atoms with Crippen LogP contribution in [0.5, 0.6) is 5.75 Å². The van der Waals surface area contributed by atoms with Gasteiger partial charge in [-0.15, -0.1) is 0 Å². The molecule has 3 unspecified atom stereocenters. The van der Waals surface area contributed by atoms with Gasteiger partial charge in [0.1, 0.15) is 11.9 Å². The number of halogens is 1. The van der Waals surface area contributed by atoms with E-state index in [1.807, 2.05) is 24.3 Å². The van der Waals surface area contributed by atoms with Crippen molar-refractivity contribution in [3.05, 3.63) is 76.2 Å². The number of likely N-dealkylation sites (tertiary alicyclic amines) is 1. The minimum Gasteiger partial charge on any atom is -0.455 e. The van der Waals surface area contributed by atoms with Crippen molar-refractivity contribution in [3.63, 3.8) is 0 Å². The topological polar surface area (TPSA) is 83.1 Å². The summed E-state index contributed by atoms with van der Waals surface area (Å²) in [6.07, 6.45) is 5.49. The van der Waals surface area contributed by atoms with Crippen molar-refractivity contribution >= 4 is 22.5 Å². The van der Waals surface area contributed by atoms with Crippen molar-refractivity contribution in [2.45, 2.75) is 63.1 Å². The van der Waals surface area contributed by atoms with Crippen LogP contribution in [0.4, 0.5) is 4.39 Å². The number of hydrogen-bond acceptors (Lipinski definition) is 7. The van der Waals surface area contributed by atoms with Crippen LogP contribution in [0.3, 0.4) is 0 Å². The maximum Gasteiger partial charge on any atom is 0.254 e. The summed E-state index contributed by atoms with van der Waals surface area (Å²) in [4.78, 5) is 32.4. The van der Waals surface area contributed by atoms with E-state index in [0.29, 0.717) is 54.8 Å². The highest BCUT2D eigenvalue weighted by Crippen LogP contribution is 2.51. The van der Waals surface area contributed by atoms with Crippen LogP contribution in [0.1, 0.15) is 56.4 Å². The van der Waals surface area contributed by atoms with Gasteiger partial charge in [-0.25, -0.2) is 4.39 Å². The lowest BCUT2D eigenvalue weighted by atomic mass is 9.73. The molecule has 0 saturated carbocycles. The molecule has 0 radical (unpaired) electrons. The molecule has 0 bridgehead atoms. The van der Waals surface area contributed by atoms with Crippen molar-refractivity contribution in [2.75, 3.05) is 59.5 Å². The number of morpholine rings is 1. The lowest BCUT2D eigenvalue weighted by Crippen LogP contribution is -2.39. The fraction of sp³-hybridized carbons (Fsp3) is 0.514. The highest BCUT2D eigenvalue weighted by atomic mass is 19.1. The first kappa shape index (κ1) is 31.1. The highest BCUT2D eigenvalue weighted by molar-refractivity contribution is 6.26. The molecule has 5 aliphatic rings. The second kappa shape index (κ2) is 13.7. The lowest BCUT2D eigenvalue weighted by Gasteiger charge is -2.38. The first-order chi connectivity index (χ1) is 22.5. The Kier molecular flexibility index (Phi) is 9.24. The van der Waals surface area contributed by atoms with E-state index in [2.05, 4.69) is 39.6 Å². The van der Waals surface area contributed by atoms with Gasteiger partial charge in [0, 0.05) is 61.3 Å². The van der Waals surface area contributed by atoms with Crippen LogP contribution in [-0.2, 0) is 14.3 Å². The van der Waals surface area contributed by atoms with Gasteiger partial charge in [-0.05, 0) is 81.6 Å². The molecule has 244 valence electrons. The van der Waals surface area contributed by atoms with E-state index >= 15 is 4.39 Å². The number of carbonyl (C=O) groups excluding carboxylic acids is 2. The minimum absolute atomic E-state index is 0.0796. The van der Waals surface area contributed by atoms with E-state index in [4.69, 9.17) is 9.47 Å². The Morgan fingerprint density at radius 1 is 1.07 bits per heavy atom. The molecule has 3 heterocycles. The molecule has 9 heteroatoms. The number of alkyl halides is 1. The first-order valence-electron chi connectivity index (χ1n) is 17.1. The number of nitrogens with zero attached hydrogens (tertiary/aromatic N) is 2. The predicted molar refractivity (Wildman–Crippen MR) is 176 cm³/mol. The van der Waals surface area contributed by atoms with Gasteiger partial charge in [-0.2, -0.15) is 0 Å². The molecule has 0 aromatic heterocycles. The summed E-state index contributed by atoms with van der Waals surface area (Å²) in [7, 11) is 2.12. The van der Waals surface area contributed by atoms with Crippen molar-refractivity contribution in [2.24, 2.45) is 0 Å². The summed E-state index contributed by atoms with van der Waals surface area (Å²) >= 11 is 0. The maximum absolute atomic E-state index is 16.2. The van der Waals surface area contributed by atoms with E-state index in [9.17, 15) is 9.59 Å². The standard InChI is InChI=1S/C37H45FN4O4/c1-41-15-5-9-26(41)12-14-40-37(44)28-11-4-10-27-29-21-24-7-2-3-8-25(24)22-32(29)46-36-33(27)30(35(28)43)23-31(38)34(36)39-13-6-16-42-17-19-45-20-18-42/h2-3,7-8,11,21-22,26-27,31,39H,4-6,9-10,12-20,23H2,1H3,(H,40,44)/b28-11+. The van der Waals surface area contributed by atoms with E-state index in [1.54, 1.807) is 6.08 Å². The molecule has 2 saturated heterocycles. The normalized spacial score (nSPS) is 26.5. The van der Waals surface area contributed by atoms with E-state index in [1.165, 1.54) is 6.42 Å². The van der Waals surface area contributed by atoms with E-state index < -0.39 is 6.17 Å². The van der Waals surface area contributed by atoms with Gasteiger partial charge in [-0.3, -0.25) is 14.5 Å². The Morgan fingerprint density at radius 3 is 2.65 bits per heavy atom. The molecular formula is C37H45FN4O4. The van der Waals surface area contributed by atoms with Crippen molar-refractivity contribution in [1.82, 2.24) is 20.4 Å². The van der Waals surface area contributed by atoms with Crippen LogP contribution in [0, 0.1) is 0 Å². The maximum atomic E-state index is 16.2. The number of amides is 1. The minimum atomic E-state index is -1.44. The zero-order valence-corrected chi connectivity index (χ0v) is 26.8. The van der Waals surface area contributed by atoms with E-state index in [0.717, 1.165) is 80.6 Å². The van der Waals surface area contributed by atoms with Crippen LogP contribution >= 0.6 is 0 Å². The average molecular weight is 629 g/mol. The van der Waals surface area contributed by atoms with Crippen LogP contribution in [0.25, 0.3) is 10.8 Å². The highest BCUT2D eigenvalue weighted by Gasteiger charge is 2.43. The Morgan fingerprint density at radius 2 is 1.87 bits per heavy atom. The third-order valence-corrected chi connectivity index (χ3v) is 10.4. The molecule has 2 fully saturated rings. The number of carbonyl (C=O) groups is 2. The molecule has 3 aliphatic heterocycles. The zero-order chi connectivity index (χ0) is 31.6. The molecule has 8 nitrogen and oxygen atoms in total. The number of nitrogens with one attached hydrogen (secondary N) is 2. The zero-order valence-electron chi connectivity index (χ0n) is 26.8. The third kappa shape index (κ3) is 6.25. The second-order valence-electron chi connectivity index (χ2n) is 13.3.